The van der Waals surface area contributed by atoms with Crippen LogP contribution in [0.2, 0.25) is 10.0 Å². The van der Waals surface area contributed by atoms with Gasteiger partial charge in [0, 0.05) is 28.3 Å². The summed E-state index contributed by atoms with van der Waals surface area (Å²) >= 11 is 12.3. The molecular weight excluding hydrogens is 383 g/mol. The molecule has 7 heteroatoms. The molecule has 0 bridgehead atoms. The van der Waals surface area contributed by atoms with Crippen molar-refractivity contribution in [1.29, 1.82) is 0 Å². The average molecular weight is 401 g/mol. The van der Waals surface area contributed by atoms with Crippen molar-refractivity contribution in [2.45, 2.75) is 24.8 Å². The van der Waals surface area contributed by atoms with Crippen molar-refractivity contribution in [3.8, 4) is 0 Å². The smallest absolute Gasteiger partial charge is 0.224 e. The third-order valence-corrected chi connectivity index (χ3v) is 5.59. The number of rotatable bonds is 4. The Hall–Kier alpha value is -2.24. The summed E-state index contributed by atoms with van der Waals surface area (Å²) < 4.78 is 0. The quantitative estimate of drug-likeness (QED) is 0.755. The lowest BCUT2D eigenvalue weighted by atomic mass is 9.76. The second-order valence-corrected chi connectivity index (χ2v) is 7.76. The number of piperidine rings is 1. The molecule has 138 valence electrons. The fraction of sp³-hybridized carbons (Fsp3) is 0.300. The van der Waals surface area contributed by atoms with E-state index in [9.17, 15) is 4.79 Å². The fourth-order valence-electron chi connectivity index (χ4n) is 3.78. The van der Waals surface area contributed by atoms with Crippen molar-refractivity contribution < 1.29 is 4.79 Å². The molecule has 1 fully saturated rings. The maximum absolute atomic E-state index is 12.8. The lowest BCUT2D eigenvalue weighted by molar-refractivity contribution is -0.128. The van der Waals surface area contributed by atoms with Crippen LogP contribution in [0.5, 0.6) is 0 Å². The predicted molar refractivity (Wildman–Crippen MR) is 106 cm³/mol. The summed E-state index contributed by atoms with van der Waals surface area (Å²) in [5.41, 5.74) is 2.99. The Bertz CT molecular complexity index is 910. The lowest BCUT2D eigenvalue weighted by Gasteiger charge is -2.37. The Morgan fingerprint density at radius 2 is 1.85 bits per heavy atom. The van der Waals surface area contributed by atoms with Crippen LogP contribution in [0.15, 0.2) is 64.0 Å². The number of hydrogen-bond acceptors (Lipinski definition) is 4. The van der Waals surface area contributed by atoms with Gasteiger partial charge in [-0.15, -0.1) is 5.10 Å². The third kappa shape index (κ3) is 4.04. The van der Waals surface area contributed by atoms with Gasteiger partial charge in [0.25, 0.3) is 0 Å². The minimum absolute atomic E-state index is 0.0304. The molecule has 0 aromatic heterocycles. The molecule has 0 spiro atoms. The molecule has 2 heterocycles. The first-order valence-corrected chi connectivity index (χ1v) is 9.59. The summed E-state index contributed by atoms with van der Waals surface area (Å²) in [6.07, 6.45) is 1.28. The monoisotopic (exact) mass is 400 g/mol. The Morgan fingerprint density at radius 1 is 1.04 bits per heavy atom. The van der Waals surface area contributed by atoms with Gasteiger partial charge >= 0.3 is 0 Å². The van der Waals surface area contributed by atoms with Crippen LogP contribution in [0.4, 0.5) is 0 Å². The van der Waals surface area contributed by atoms with Gasteiger partial charge in [-0.2, -0.15) is 5.11 Å². The SMILES string of the molecule is O=C1N[C@H](c2ccc(Cl)cc2)[C@@H](c2cccc(Cl)c2)C[C@H]1CC1=NN=NC1. The standard InChI is InChI=1S/C20H18Cl2N4O/c21-15-6-4-12(5-7-15)19-18(13-2-1-3-16(22)8-13)10-14(20(27)24-19)9-17-11-23-26-25-17/h1-8,14,18-19H,9-11H2,(H,24,27)/t14-,18-,19-/m1/s1. The predicted octanol–water partition coefficient (Wildman–Crippen LogP) is 5.17. The van der Waals surface area contributed by atoms with E-state index in [1.165, 1.54) is 0 Å². The summed E-state index contributed by atoms with van der Waals surface area (Å²) in [5.74, 6) is -0.0360. The number of amides is 1. The van der Waals surface area contributed by atoms with E-state index in [1.807, 2.05) is 42.5 Å². The molecule has 1 amide bonds. The van der Waals surface area contributed by atoms with Crippen LogP contribution in [0.1, 0.15) is 35.9 Å². The third-order valence-electron chi connectivity index (χ3n) is 5.10. The van der Waals surface area contributed by atoms with Crippen LogP contribution in [-0.4, -0.2) is 18.2 Å². The van der Waals surface area contributed by atoms with Gasteiger partial charge in [0.1, 0.15) is 6.54 Å². The van der Waals surface area contributed by atoms with Crippen LogP contribution in [0, 0.1) is 5.92 Å². The number of carbonyl (C=O) groups is 1. The fourth-order valence-corrected chi connectivity index (χ4v) is 4.10. The van der Waals surface area contributed by atoms with Gasteiger partial charge in [-0.1, -0.05) is 47.5 Å². The highest BCUT2D eigenvalue weighted by Gasteiger charge is 2.38. The Labute approximate surface area is 167 Å². The van der Waals surface area contributed by atoms with E-state index in [1.54, 1.807) is 0 Å². The summed E-state index contributed by atoms with van der Waals surface area (Å²) in [5, 5.41) is 16.1. The van der Waals surface area contributed by atoms with Gasteiger partial charge in [0.15, 0.2) is 0 Å². The number of benzene rings is 2. The maximum Gasteiger partial charge on any atom is 0.224 e. The van der Waals surface area contributed by atoms with E-state index in [0.717, 1.165) is 16.8 Å². The zero-order chi connectivity index (χ0) is 18.8. The van der Waals surface area contributed by atoms with Gasteiger partial charge < -0.3 is 5.32 Å². The molecular formula is C20H18Cl2N4O. The molecule has 2 aliphatic heterocycles. The van der Waals surface area contributed by atoms with Crippen LogP contribution in [0.3, 0.4) is 0 Å². The largest absolute Gasteiger partial charge is 0.348 e. The van der Waals surface area contributed by atoms with Crippen LogP contribution in [-0.2, 0) is 4.79 Å². The van der Waals surface area contributed by atoms with Crippen LogP contribution >= 0.6 is 23.2 Å². The van der Waals surface area contributed by atoms with E-state index in [-0.39, 0.29) is 23.8 Å². The van der Waals surface area contributed by atoms with E-state index in [0.29, 0.717) is 29.4 Å². The van der Waals surface area contributed by atoms with Crippen molar-refractivity contribution in [2.24, 2.45) is 21.4 Å². The first kappa shape index (κ1) is 18.1. The molecule has 2 aliphatic rings. The highest BCUT2D eigenvalue weighted by molar-refractivity contribution is 6.30. The van der Waals surface area contributed by atoms with E-state index >= 15 is 0 Å². The topological polar surface area (TPSA) is 66.2 Å². The lowest BCUT2D eigenvalue weighted by Crippen LogP contribution is -2.44. The van der Waals surface area contributed by atoms with E-state index < -0.39 is 0 Å². The first-order valence-electron chi connectivity index (χ1n) is 8.83. The molecule has 27 heavy (non-hydrogen) atoms. The summed E-state index contributed by atoms with van der Waals surface area (Å²) in [7, 11) is 0. The van der Waals surface area contributed by atoms with E-state index in [4.69, 9.17) is 23.2 Å². The Kier molecular flexibility index (Phi) is 5.23. The highest BCUT2D eigenvalue weighted by Crippen LogP contribution is 2.41. The van der Waals surface area contributed by atoms with Crippen LogP contribution < -0.4 is 5.32 Å². The number of hydrogen-bond donors (Lipinski definition) is 1. The second kappa shape index (κ2) is 7.79. The Balaban J connectivity index is 1.65. The zero-order valence-corrected chi connectivity index (χ0v) is 16.0. The van der Waals surface area contributed by atoms with Gasteiger partial charge in [0.2, 0.25) is 5.91 Å². The molecule has 0 saturated carbocycles. The van der Waals surface area contributed by atoms with Crippen molar-refractivity contribution in [2.75, 3.05) is 6.54 Å². The zero-order valence-electron chi connectivity index (χ0n) is 14.5. The molecule has 3 atom stereocenters. The molecule has 1 N–H and O–H groups in total. The van der Waals surface area contributed by atoms with Crippen molar-refractivity contribution in [3.05, 3.63) is 69.7 Å². The van der Waals surface area contributed by atoms with Gasteiger partial charge in [-0.3, -0.25) is 4.79 Å². The van der Waals surface area contributed by atoms with Gasteiger partial charge in [-0.05, 0) is 47.0 Å². The normalized spacial score (nSPS) is 24.6. The van der Waals surface area contributed by atoms with Gasteiger partial charge in [0.05, 0.1) is 11.8 Å². The molecule has 2 aromatic carbocycles. The Morgan fingerprint density at radius 3 is 2.56 bits per heavy atom. The van der Waals surface area contributed by atoms with Crippen molar-refractivity contribution in [3.63, 3.8) is 0 Å². The van der Waals surface area contributed by atoms with Crippen molar-refractivity contribution in [1.82, 2.24) is 5.32 Å². The maximum atomic E-state index is 12.8. The molecule has 2 aromatic rings. The molecule has 4 rings (SSSR count). The van der Waals surface area contributed by atoms with E-state index in [2.05, 4.69) is 26.8 Å². The molecule has 0 unspecified atom stereocenters. The number of carbonyl (C=O) groups excluding carboxylic acids is 1. The van der Waals surface area contributed by atoms with Gasteiger partial charge in [-0.25, -0.2) is 0 Å². The minimum atomic E-state index is -0.167. The van der Waals surface area contributed by atoms with Crippen LogP contribution in [0.25, 0.3) is 0 Å². The summed E-state index contributed by atoms with van der Waals surface area (Å²) in [6, 6.07) is 15.3. The molecule has 1 saturated heterocycles. The molecule has 5 nitrogen and oxygen atoms in total. The number of halogens is 2. The highest BCUT2D eigenvalue weighted by atomic mass is 35.5. The second-order valence-electron chi connectivity index (χ2n) is 6.89. The summed E-state index contributed by atoms with van der Waals surface area (Å²) in [4.78, 5) is 12.8. The first-order chi connectivity index (χ1) is 13.1. The average Bonchev–Trinajstić information content (AvgIpc) is 3.17. The molecule has 0 radical (unpaired) electrons. The summed E-state index contributed by atoms with van der Waals surface area (Å²) in [6.45, 7) is 0.478. The molecule has 0 aliphatic carbocycles. The number of nitrogens with one attached hydrogen (secondary N) is 1. The van der Waals surface area contributed by atoms with Crippen molar-refractivity contribution >= 4 is 34.8 Å². The number of nitrogens with zero attached hydrogens (tertiary/aromatic N) is 3. The minimum Gasteiger partial charge on any atom is -0.348 e.